The molecule has 1 aromatic heterocycles. The fourth-order valence-electron chi connectivity index (χ4n) is 2.31. The third-order valence-corrected chi connectivity index (χ3v) is 4.91. The first-order chi connectivity index (χ1) is 12.8. The van der Waals surface area contributed by atoms with Crippen LogP contribution in [0.15, 0.2) is 52.8 Å². The molecular weight excluding hydrogens is 360 g/mol. The molecule has 0 fully saturated rings. The van der Waals surface area contributed by atoms with Crippen LogP contribution in [0.3, 0.4) is 0 Å². The molecule has 2 N–H and O–H groups in total. The molecule has 0 spiro atoms. The highest BCUT2D eigenvalue weighted by Crippen LogP contribution is 2.22. The van der Waals surface area contributed by atoms with Gasteiger partial charge in [0.2, 0.25) is 0 Å². The van der Waals surface area contributed by atoms with E-state index in [2.05, 4.69) is 31.4 Å². The van der Waals surface area contributed by atoms with Gasteiger partial charge in [-0.2, -0.15) is 11.8 Å². The second kappa shape index (κ2) is 9.46. The quantitative estimate of drug-likeness (QED) is 0.557. The molecule has 0 saturated carbocycles. The van der Waals surface area contributed by atoms with Crippen LogP contribution in [0.1, 0.15) is 42.5 Å². The molecule has 0 aliphatic carbocycles. The summed E-state index contributed by atoms with van der Waals surface area (Å²) >= 11 is 1.77. The molecule has 27 heavy (non-hydrogen) atoms. The van der Waals surface area contributed by atoms with Gasteiger partial charge in [-0.05, 0) is 30.7 Å². The maximum absolute atomic E-state index is 12.6. The molecule has 5 nitrogen and oxygen atoms in total. The van der Waals surface area contributed by atoms with Gasteiger partial charge in [-0.25, -0.2) is 0 Å². The molecule has 0 aliphatic rings. The van der Waals surface area contributed by atoms with Gasteiger partial charge in [-0.1, -0.05) is 39.0 Å². The normalized spacial score (nSPS) is 11.9. The highest BCUT2D eigenvalue weighted by atomic mass is 32.2. The molecule has 2 aromatic rings. The molecule has 2 rings (SSSR count). The minimum Gasteiger partial charge on any atom is -0.465 e. The van der Waals surface area contributed by atoms with Gasteiger partial charge in [0.15, 0.2) is 0 Å². The third kappa shape index (κ3) is 6.98. The fourth-order valence-corrected chi connectivity index (χ4v) is 3.12. The number of hydrogen-bond donors (Lipinski definition) is 2. The molecule has 0 atom stereocenters. The Morgan fingerprint density at radius 2 is 1.89 bits per heavy atom. The first-order valence-corrected chi connectivity index (χ1v) is 9.79. The fraction of sp³-hybridized carbons (Fsp3) is 0.333. The van der Waals surface area contributed by atoms with Crippen molar-refractivity contribution in [3.63, 3.8) is 0 Å². The maximum Gasteiger partial charge on any atom is 0.267 e. The van der Waals surface area contributed by atoms with E-state index in [0.29, 0.717) is 17.9 Å². The average molecular weight is 387 g/mol. The second-order valence-corrected chi connectivity index (χ2v) is 8.98. The van der Waals surface area contributed by atoms with Crippen LogP contribution in [0.2, 0.25) is 0 Å². The predicted octanol–water partition coefficient (Wildman–Crippen LogP) is 4.01. The van der Waals surface area contributed by atoms with E-state index >= 15 is 0 Å². The number of hydrogen-bond acceptors (Lipinski definition) is 4. The summed E-state index contributed by atoms with van der Waals surface area (Å²) in [5, 5.41) is 5.57. The summed E-state index contributed by atoms with van der Waals surface area (Å²) in [6, 6.07) is 10.7. The zero-order chi connectivity index (χ0) is 19.9. The Hall–Kier alpha value is -2.47. The van der Waals surface area contributed by atoms with E-state index in [1.165, 1.54) is 12.3 Å². The second-order valence-electron chi connectivity index (χ2n) is 7.06. The smallest absolute Gasteiger partial charge is 0.267 e. The lowest BCUT2D eigenvalue weighted by atomic mass is 10.1. The first kappa shape index (κ1) is 20.8. The van der Waals surface area contributed by atoms with Crippen molar-refractivity contribution in [2.24, 2.45) is 0 Å². The van der Waals surface area contributed by atoms with Gasteiger partial charge < -0.3 is 15.1 Å². The standard InChI is InChI=1S/C21H26N2O3S/c1-15-8-5-6-10-17(15)19(24)23-18(14-16-9-7-12-26-16)20(25)22-11-13-27-21(2,3)4/h5-10,12,14H,11,13H2,1-4H3,(H,22,25)(H,23,24)/b18-14-. The molecule has 0 saturated heterocycles. The monoisotopic (exact) mass is 386 g/mol. The minimum atomic E-state index is -0.345. The number of benzene rings is 1. The number of rotatable bonds is 7. The van der Waals surface area contributed by atoms with E-state index in [-0.39, 0.29) is 22.3 Å². The number of thioether (sulfide) groups is 1. The van der Waals surface area contributed by atoms with Gasteiger partial charge >= 0.3 is 0 Å². The molecule has 0 radical (unpaired) electrons. The van der Waals surface area contributed by atoms with E-state index in [1.54, 1.807) is 36.0 Å². The Balaban J connectivity index is 2.09. The molecule has 144 valence electrons. The summed E-state index contributed by atoms with van der Waals surface area (Å²) in [7, 11) is 0. The van der Waals surface area contributed by atoms with Crippen molar-refractivity contribution >= 4 is 29.7 Å². The molecule has 6 heteroatoms. The Kier molecular flexibility index (Phi) is 7.30. The number of amides is 2. The number of carbonyl (C=O) groups is 2. The molecular formula is C21H26N2O3S. The van der Waals surface area contributed by atoms with E-state index in [4.69, 9.17) is 4.42 Å². The van der Waals surface area contributed by atoms with Gasteiger partial charge in [0, 0.05) is 28.7 Å². The number of furan rings is 1. The summed E-state index contributed by atoms with van der Waals surface area (Å²) in [5.41, 5.74) is 1.52. The van der Waals surface area contributed by atoms with Crippen molar-refractivity contribution in [1.82, 2.24) is 10.6 Å². The number of nitrogens with one attached hydrogen (secondary N) is 2. The summed E-state index contributed by atoms with van der Waals surface area (Å²) in [5.74, 6) is 0.608. The Morgan fingerprint density at radius 1 is 1.15 bits per heavy atom. The topological polar surface area (TPSA) is 71.3 Å². The average Bonchev–Trinajstić information content (AvgIpc) is 3.10. The summed E-state index contributed by atoms with van der Waals surface area (Å²) in [6.07, 6.45) is 3.05. The van der Waals surface area contributed by atoms with Crippen molar-refractivity contribution in [2.45, 2.75) is 32.4 Å². The van der Waals surface area contributed by atoms with Gasteiger partial charge in [-0.3, -0.25) is 9.59 Å². The third-order valence-electron chi connectivity index (χ3n) is 3.63. The van der Waals surface area contributed by atoms with Crippen LogP contribution in [0, 0.1) is 6.92 Å². The maximum atomic E-state index is 12.6. The van der Waals surface area contributed by atoms with Crippen molar-refractivity contribution in [3.05, 3.63) is 65.2 Å². The summed E-state index contributed by atoms with van der Waals surface area (Å²) in [4.78, 5) is 25.2. The Bertz CT molecular complexity index is 805. The van der Waals surface area contributed by atoms with Crippen LogP contribution in [0.25, 0.3) is 6.08 Å². The van der Waals surface area contributed by atoms with Crippen LogP contribution in [0.4, 0.5) is 0 Å². The Labute approximate surface area is 164 Å². The van der Waals surface area contributed by atoms with Crippen molar-refractivity contribution in [3.8, 4) is 0 Å². The molecule has 2 amide bonds. The molecule has 0 bridgehead atoms. The largest absolute Gasteiger partial charge is 0.465 e. The van der Waals surface area contributed by atoms with E-state index in [1.807, 2.05) is 19.1 Å². The van der Waals surface area contributed by atoms with Gasteiger partial charge in [0.25, 0.3) is 11.8 Å². The summed E-state index contributed by atoms with van der Waals surface area (Å²) in [6.45, 7) is 8.75. The molecule has 1 heterocycles. The number of aryl methyl sites for hydroxylation is 1. The molecule has 1 aromatic carbocycles. The first-order valence-electron chi connectivity index (χ1n) is 8.80. The summed E-state index contributed by atoms with van der Waals surface area (Å²) < 4.78 is 5.42. The highest BCUT2D eigenvalue weighted by Gasteiger charge is 2.17. The highest BCUT2D eigenvalue weighted by molar-refractivity contribution is 8.00. The van der Waals surface area contributed by atoms with Crippen LogP contribution >= 0.6 is 11.8 Å². The number of carbonyl (C=O) groups excluding carboxylic acids is 2. The van der Waals surface area contributed by atoms with Crippen LogP contribution in [-0.4, -0.2) is 28.9 Å². The lowest BCUT2D eigenvalue weighted by Gasteiger charge is -2.17. The zero-order valence-electron chi connectivity index (χ0n) is 16.2. The van der Waals surface area contributed by atoms with Crippen molar-refractivity contribution < 1.29 is 14.0 Å². The van der Waals surface area contributed by atoms with Crippen LogP contribution < -0.4 is 10.6 Å². The van der Waals surface area contributed by atoms with E-state index < -0.39 is 0 Å². The van der Waals surface area contributed by atoms with Crippen molar-refractivity contribution in [1.29, 1.82) is 0 Å². The predicted molar refractivity (Wildman–Crippen MR) is 111 cm³/mol. The van der Waals surface area contributed by atoms with Crippen LogP contribution in [0.5, 0.6) is 0 Å². The molecule has 0 aliphatic heterocycles. The Morgan fingerprint density at radius 3 is 2.52 bits per heavy atom. The van der Waals surface area contributed by atoms with Gasteiger partial charge in [0.1, 0.15) is 11.5 Å². The zero-order valence-corrected chi connectivity index (χ0v) is 17.0. The van der Waals surface area contributed by atoms with E-state index in [9.17, 15) is 9.59 Å². The molecule has 0 unspecified atom stereocenters. The minimum absolute atomic E-state index is 0.136. The SMILES string of the molecule is Cc1ccccc1C(=O)N/C(=C\c1ccco1)C(=O)NCCSC(C)(C)C. The van der Waals surface area contributed by atoms with Gasteiger partial charge in [0.05, 0.1) is 6.26 Å². The lowest BCUT2D eigenvalue weighted by molar-refractivity contribution is -0.117. The van der Waals surface area contributed by atoms with Gasteiger partial charge in [-0.15, -0.1) is 0 Å². The van der Waals surface area contributed by atoms with Crippen LogP contribution in [-0.2, 0) is 4.79 Å². The van der Waals surface area contributed by atoms with Crippen molar-refractivity contribution in [2.75, 3.05) is 12.3 Å². The lowest BCUT2D eigenvalue weighted by Crippen LogP contribution is -2.36. The van der Waals surface area contributed by atoms with E-state index in [0.717, 1.165) is 11.3 Å².